The standard InChI is InChI=1S/C17H14BrN7O/c1-10-8-15(25(23-10)13-5-3-2-4-12(13)18)22-17(26)11-9-20-24-7-6-14(19)21-16(11)24/h2-9H,1H3,(H2,19,21)(H,22,26). The monoisotopic (exact) mass is 411 g/mol. The Kier molecular flexibility index (Phi) is 3.92. The minimum atomic E-state index is -0.341. The largest absolute Gasteiger partial charge is 0.384 e. The maximum atomic E-state index is 12.8. The highest BCUT2D eigenvalue weighted by molar-refractivity contribution is 9.10. The number of rotatable bonds is 3. The number of anilines is 2. The summed E-state index contributed by atoms with van der Waals surface area (Å²) in [4.78, 5) is 17.0. The number of carbonyl (C=O) groups excluding carboxylic acids is 1. The Morgan fingerprint density at radius 1 is 1.27 bits per heavy atom. The van der Waals surface area contributed by atoms with E-state index in [0.29, 0.717) is 22.8 Å². The smallest absolute Gasteiger partial charge is 0.262 e. The average Bonchev–Trinajstić information content (AvgIpc) is 3.18. The summed E-state index contributed by atoms with van der Waals surface area (Å²) in [5.41, 5.74) is 8.04. The fraction of sp³-hybridized carbons (Fsp3) is 0.0588. The predicted molar refractivity (Wildman–Crippen MR) is 101 cm³/mol. The van der Waals surface area contributed by atoms with Crippen molar-refractivity contribution in [1.82, 2.24) is 24.4 Å². The van der Waals surface area contributed by atoms with Gasteiger partial charge in [0, 0.05) is 16.7 Å². The van der Waals surface area contributed by atoms with E-state index in [4.69, 9.17) is 5.73 Å². The number of carbonyl (C=O) groups is 1. The molecule has 0 atom stereocenters. The Bertz CT molecular complexity index is 1130. The van der Waals surface area contributed by atoms with Crippen LogP contribution in [0.25, 0.3) is 11.3 Å². The van der Waals surface area contributed by atoms with E-state index in [2.05, 4.69) is 36.4 Å². The van der Waals surface area contributed by atoms with Crippen molar-refractivity contribution in [2.45, 2.75) is 6.92 Å². The zero-order valence-electron chi connectivity index (χ0n) is 13.7. The third-order valence-electron chi connectivity index (χ3n) is 3.79. The van der Waals surface area contributed by atoms with Crippen molar-refractivity contribution in [2.75, 3.05) is 11.1 Å². The number of hydrogen-bond donors (Lipinski definition) is 2. The van der Waals surface area contributed by atoms with Gasteiger partial charge in [0.25, 0.3) is 5.91 Å². The highest BCUT2D eigenvalue weighted by atomic mass is 79.9. The molecule has 26 heavy (non-hydrogen) atoms. The fourth-order valence-corrected chi connectivity index (χ4v) is 3.08. The van der Waals surface area contributed by atoms with Gasteiger partial charge >= 0.3 is 0 Å². The first kappa shape index (κ1) is 16.3. The number of nitrogens with zero attached hydrogens (tertiary/aromatic N) is 5. The first-order valence-electron chi connectivity index (χ1n) is 7.76. The van der Waals surface area contributed by atoms with Crippen molar-refractivity contribution in [2.24, 2.45) is 0 Å². The van der Waals surface area contributed by atoms with Gasteiger partial charge in [-0.15, -0.1) is 0 Å². The van der Waals surface area contributed by atoms with Gasteiger partial charge in [0.05, 0.1) is 17.6 Å². The summed E-state index contributed by atoms with van der Waals surface area (Å²) in [6, 6.07) is 11.1. The predicted octanol–water partition coefficient (Wildman–Crippen LogP) is 2.82. The second kappa shape index (κ2) is 6.26. The van der Waals surface area contributed by atoms with Crippen LogP contribution in [0.3, 0.4) is 0 Å². The molecule has 0 fully saturated rings. The van der Waals surface area contributed by atoms with Crippen LogP contribution in [0.4, 0.5) is 11.6 Å². The summed E-state index contributed by atoms with van der Waals surface area (Å²) in [6.07, 6.45) is 3.12. The van der Waals surface area contributed by atoms with Gasteiger partial charge in [-0.1, -0.05) is 12.1 Å². The van der Waals surface area contributed by atoms with Gasteiger partial charge in [-0.25, -0.2) is 14.2 Å². The molecule has 130 valence electrons. The van der Waals surface area contributed by atoms with Crippen LogP contribution in [-0.4, -0.2) is 30.3 Å². The lowest BCUT2D eigenvalue weighted by atomic mass is 10.3. The zero-order chi connectivity index (χ0) is 18.3. The molecule has 4 aromatic rings. The number of benzene rings is 1. The molecule has 8 nitrogen and oxygen atoms in total. The molecular weight excluding hydrogens is 398 g/mol. The molecule has 3 N–H and O–H groups in total. The first-order chi connectivity index (χ1) is 12.5. The number of para-hydroxylation sites is 1. The third-order valence-corrected chi connectivity index (χ3v) is 4.46. The molecule has 4 rings (SSSR count). The Labute approximate surface area is 156 Å². The molecule has 1 aromatic carbocycles. The van der Waals surface area contributed by atoms with Crippen molar-refractivity contribution >= 4 is 39.1 Å². The number of nitrogens with one attached hydrogen (secondary N) is 1. The van der Waals surface area contributed by atoms with Crippen molar-refractivity contribution in [1.29, 1.82) is 0 Å². The molecule has 0 aliphatic rings. The number of aryl methyl sites for hydroxylation is 1. The van der Waals surface area contributed by atoms with Crippen molar-refractivity contribution in [3.8, 4) is 5.69 Å². The lowest BCUT2D eigenvalue weighted by Crippen LogP contribution is -2.15. The molecule has 1 amide bonds. The Morgan fingerprint density at radius 3 is 2.88 bits per heavy atom. The molecule has 0 bridgehead atoms. The molecule has 0 aliphatic carbocycles. The van der Waals surface area contributed by atoms with E-state index in [1.54, 1.807) is 23.0 Å². The van der Waals surface area contributed by atoms with E-state index < -0.39 is 0 Å². The summed E-state index contributed by atoms with van der Waals surface area (Å²) in [7, 11) is 0. The van der Waals surface area contributed by atoms with E-state index in [0.717, 1.165) is 15.9 Å². The van der Waals surface area contributed by atoms with Crippen molar-refractivity contribution < 1.29 is 4.79 Å². The quantitative estimate of drug-likeness (QED) is 0.539. The molecular formula is C17H14BrN7O. The van der Waals surface area contributed by atoms with Gasteiger partial charge in [-0.3, -0.25) is 4.79 Å². The van der Waals surface area contributed by atoms with Crippen LogP contribution >= 0.6 is 15.9 Å². The van der Waals surface area contributed by atoms with Crippen LogP contribution in [0.2, 0.25) is 0 Å². The Morgan fingerprint density at radius 2 is 2.08 bits per heavy atom. The zero-order valence-corrected chi connectivity index (χ0v) is 15.3. The highest BCUT2D eigenvalue weighted by Crippen LogP contribution is 2.25. The van der Waals surface area contributed by atoms with Gasteiger partial charge in [0.1, 0.15) is 17.2 Å². The maximum absolute atomic E-state index is 12.8. The lowest BCUT2D eigenvalue weighted by Gasteiger charge is -2.10. The maximum Gasteiger partial charge on any atom is 0.262 e. The molecule has 9 heteroatoms. The number of halogens is 1. The van der Waals surface area contributed by atoms with Gasteiger partial charge in [-0.05, 0) is 41.1 Å². The number of amides is 1. The second-order valence-electron chi connectivity index (χ2n) is 5.67. The SMILES string of the molecule is Cc1cc(NC(=O)c2cnn3ccc(N)nc23)n(-c2ccccc2Br)n1. The highest BCUT2D eigenvalue weighted by Gasteiger charge is 2.18. The van der Waals surface area contributed by atoms with E-state index in [1.165, 1.54) is 10.7 Å². The van der Waals surface area contributed by atoms with Crippen LogP contribution in [0.15, 0.2) is 53.3 Å². The number of fused-ring (bicyclic) bond motifs is 1. The molecule has 0 unspecified atom stereocenters. The number of nitrogens with two attached hydrogens (primary N) is 1. The molecule has 0 spiro atoms. The number of hydrogen-bond acceptors (Lipinski definition) is 5. The topological polar surface area (TPSA) is 103 Å². The van der Waals surface area contributed by atoms with Gasteiger partial charge in [0.2, 0.25) is 0 Å². The summed E-state index contributed by atoms with van der Waals surface area (Å²) in [6.45, 7) is 1.86. The van der Waals surface area contributed by atoms with Crippen LogP contribution in [-0.2, 0) is 0 Å². The summed E-state index contributed by atoms with van der Waals surface area (Å²) < 4.78 is 4.04. The average molecular weight is 412 g/mol. The van der Waals surface area contributed by atoms with Crippen LogP contribution in [0.5, 0.6) is 0 Å². The Hall–Kier alpha value is -3.20. The number of aromatic nitrogens is 5. The molecule has 0 saturated carbocycles. The van der Waals surface area contributed by atoms with Crippen molar-refractivity contribution in [3.63, 3.8) is 0 Å². The fourth-order valence-electron chi connectivity index (χ4n) is 2.62. The lowest BCUT2D eigenvalue weighted by molar-refractivity contribution is 0.102. The van der Waals surface area contributed by atoms with Crippen LogP contribution in [0.1, 0.15) is 16.1 Å². The van der Waals surface area contributed by atoms with Gasteiger partial charge in [0.15, 0.2) is 5.65 Å². The van der Waals surface area contributed by atoms with E-state index in [-0.39, 0.29) is 5.91 Å². The molecule has 3 heterocycles. The van der Waals surface area contributed by atoms with Gasteiger partial charge < -0.3 is 11.1 Å². The molecule has 3 aromatic heterocycles. The summed E-state index contributed by atoms with van der Waals surface area (Å²) >= 11 is 3.51. The Balaban J connectivity index is 1.72. The third kappa shape index (κ3) is 2.82. The minimum absolute atomic E-state index is 0.321. The number of nitrogen functional groups attached to an aromatic ring is 1. The normalized spacial score (nSPS) is 11.0. The van der Waals surface area contributed by atoms with Gasteiger partial charge in [-0.2, -0.15) is 10.2 Å². The minimum Gasteiger partial charge on any atom is -0.384 e. The van der Waals surface area contributed by atoms with E-state index in [9.17, 15) is 4.79 Å². The van der Waals surface area contributed by atoms with Crippen LogP contribution < -0.4 is 11.1 Å². The van der Waals surface area contributed by atoms with E-state index in [1.807, 2.05) is 31.2 Å². The first-order valence-corrected chi connectivity index (χ1v) is 8.55. The second-order valence-corrected chi connectivity index (χ2v) is 6.52. The summed E-state index contributed by atoms with van der Waals surface area (Å²) in [5.74, 6) is 0.523. The van der Waals surface area contributed by atoms with Crippen LogP contribution in [0, 0.1) is 6.92 Å². The van der Waals surface area contributed by atoms with E-state index >= 15 is 0 Å². The summed E-state index contributed by atoms with van der Waals surface area (Å²) in [5, 5.41) is 11.5. The molecule has 0 aliphatic heterocycles. The molecule has 0 radical (unpaired) electrons. The van der Waals surface area contributed by atoms with Crippen molar-refractivity contribution in [3.05, 3.63) is 64.5 Å². The molecule has 0 saturated heterocycles.